The van der Waals surface area contributed by atoms with Crippen molar-refractivity contribution in [1.29, 1.82) is 0 Å². The second-order valence-electron chi connectivity index (χ2n) is 8.30. The number of ether oxygens (including phenoxy) is 2. The molecule has 0 N–H and O–H groups in total. The molecule has 1 aromatic heterocycles. The second-order valence-corrected chi connectivity index (χ2v) is 8.30. The van der Waals surface area contributed by atoms with Crippen molar-refractivity contribution < 1.29 is 14.3 Å². The van der Waals surface area contributed by atoms with Crippen LogP contribution in [0.4, 0.5) is 0 Å². The molecular weight excluding hydrogens is 388 g/mol. The average Bonchev–Trinajstić information content (AvgIpc) is 3.20. The van der Waals surface area contributed by atoms with Gasteiger partial charge in [-0.05, 0) is 49.9 Å². The molecule has 0 unspecified atom stereocenters. The number of aromatic nitrogens is 2. The van der Waals surface area contributed by atoms with Crippen LogP contribution in [0.3, 0.4) is 0 Å². The maximum absolute atomic E-state index is 12.4. The molecule has 1 aliphatic carbocycles. The third-order valence-electron chi connectivity index (χ3n) is 5.69. The summed E-state index contributed by atoms with van der Waals surface area (Å²) >= 11 is 0. The Labute approximate surface area is 184 Å². The van der Waals surface area contributed by atoms with Crippen LogP contribution in [-0.2, 0) is 30.7 Å². The molecule has 0 saturated carbocycles. The highest BCUT2D eigenvalue weighted by Gasteiger charge is 2.23. The molecule has 5 nitrogen and oxygen atoms in total. The molecule has 0 atom stereocenters. The lowest BCUT2D eigenvalue weighted by Gasteiger charge is -2.22. The van der Waals surface area contributed by atoms with Crippen LogP contribution in [0.1, 0.15) is 59.4 Å². The Morgan fingerprint density at radius 2 is 1.94 bits per heavy atom. The summed E-state index contributed by atoms with van der Waals surface area (Å²) in [6, 6.07) is 14.2. The number of rotatable bonds is 9. The SMILES string of the molecule is CC(C)OCc1c(OCCc2cncn2Cc2ccccc2)ccc2c1CCCC2=O. The monoisotopic (exact) mass is 418 g/mol. The van der Waals surface area contributed by atoms with Gasteiger partial charge in [0.05, 0.1) is 25.6 Å². The maximum Gasteiger partial charge on any atom is 0.163 e. The number of fused-ring (bicyclic) bond motifs is 1. The predicted molar refractivity (Wildman–Crippen MR) is 121 cm³/mol. The first-order valence-corrected chi connectivity index (χ1v) is 11.1. The van der Waals surface area contributed by atoms with E-state index < -0.39 is 0 Å². The number of nitrogens with zero attached hydrogens (tertiary/aromatic N) is 2. The van der Waals surface area contributed by atoms with Gasteiger partial charge in [-0.2, -0.15) is 0 Å². The number of carbonyl (C=O) groups excluding carboxylic acids is 1. The van der Waals surface area contributed by atoms with Crippen molar-refractivity contribution in [2.24, 2.45) is 0 Å². The van der Waals surface area contributed by atoms with E-state index in [-0.39, 0.29) is 11.9 Å². The number of carbonyl (C=O) groups is 1. The number of Topliss-reactive ketones (excluding diaryl/α,β-unsaturated/α-hetero) is 1. The lowest BCUT2D eigenvalue weighted by atomic mass is 9.87. The second kappa shape index (κ2) is 9.92. The Morgan fingerprint density at radius 1 is 1.10 bits per heavy atom. The van der Waals surface area contributed by atoms with Crippen LogP contribution in [0.2, 0.25) is 0 Å². The first-order valence-electron chi connectivity index (χ1n) is 11.1. The van der Waals surface area contributed by atoms with Gasteiger partial charge in [0, 0.05) is 42.4 Å². The van der Waals surface area contributed by atoms with Crippen LogP contribution in [0.15, 0.2) is 55.0 Å². The molecule has 3 aromatic rings. The molecule has 1 heterocycles. The highest BCUT2D eigenvalue weighted by Crippen LogP contribution is 2.32. The molecule has 0 spiro atoms. The maximum atomic E-state index is 12.4. The quantitative estimate of drug-likeness (QED) is 0.491. The van der Waals surface area contributed by atoms with Crippen LogP contribution in [-0.4, -0.2) is 28.0 Å². The third-order valence-corrected chi connectivity index (χ3v) is 5.69. The van der Waals surface area contributed by atoms with Gasteiger partial charge >= 0.3 is 0 Å². The lowest BCUT2D eigenvalue weighted by Crippen LogP contribution is -2.16. The number of benzene rings is 2. The van der Waals surface area contributed by atoms with Gasteiger partial charge in [-0.3, -0.25) is 4.79 Å². The van der Waals surface area contributed by atoms with Gasteiger partial charge < -0.3 is 14.0 Å². The lowest BCUT2D eigenvalue weighted by molar-refractivity contribution is 0.0634. The Morgan fingerprint density at radius 3 is 2.74 bits per heavy atom. The van der Waals surface area contributed by atoms with E-state index in [4.69, 9.17) is 9.47 Å². The fourth-order valence-electron chi connectivity index (χ4n) is 4.07. The first kappa shape index (κ1) is 21.3. The summed E-state index contributed by atoms with van der Waals surface area (Å²) in [5.74, 6) is 1.05. The highest BCUT2D eigenvalue weighted by molar-refractivity contribution is 5.99. The minimum Gasteiger partial charge on any atom is -0.493 e. The zero-order valence-electron chi connectivity index (χ0n) is 18.3. The third kappa shape index (κ3) is 5.23. The summed E-state index contributed by atoms with van der Waals surface area (Å²) in [6.45, 7) is 5.85. The molecule has 4 rings (SSSR count). The summed E-state index contributed by atoms with van der Waals surface area (Å²) < 4.78 is 14.3. The van der Waals surface area contributed by atoms with E-state index in [2.05, 4.69) is 33.8 Å². The van der Waals surface area contributed by atoms with Crippen molar-refractivity contribution >= 4 is 5.78 Å². The average molecular weight is 419 g/mol. The minimum absolute atomic E-state index is 0.121. The van der Waals surface area contributed by atoms with Gasteiger partial charge in [0.1, 0.15) is 5.75 Å². The van der Waals surface area contributed by atoms with E-state index in [9.17, 15) is 4.79 Å². The van der Waals surface area contributed by atoms with Crippen molar-refractivity contribution in [3.05, 3.63) is 82.9 Å². The molecule has 0 saturated heterocycles. The van der Waals surface area contributed by atoms with Crippen LogP contribution in [0.25, 0.3) is 0 Å². The molecule has 162 valence electrons. The summed E-state index contributed by atoms with van der Waals surface area (Å²) in [6.07, 6.45) is 7.07. The van der Waals surface area contributed by atoms with Crippen LogP contribution in [0, 0.1) is 0 Å². The zero-order valence-corrected chi connectivity index (χ0v) is 18.3. The van der Waals surface area contributed by atoms with Crippen LogP contribution >= 0.6 is 0 Å². The van der Waals surface area contributed by atoms with E-state index in [1.54, 1.807) is 0 Å². The summed E-state index contributed by atoms with van der Waals surface area (Å²) in [4.78, 5) is 16.7. The van der Waals surface area contributed by atoms with E-state index in [0.29, 0.717) is 19.6 Å². The predicted octanol–water partition coefficient (Wildman–Crippen LogP) is 5.00. The molecule has 5 heteroatoms. The standard InChI is InChI=1S/C26H30N2O3/c1-19(2)31-17-24-22-9-6-10-25(29)23(22)11-12-26(24)30-14-13-21-15-27-18-28(21)16-20-7-4-3-5-8-20/h3-5,7-8,11-12,15,18-19H,6,9-10,13-14,16-17H2,1-2H3. The number of imidazole rings is 1. The molecule has 1 aliphatic rings. The molecule has 0 fully saturated rings. The number of hydrogen-bond acceptors (Lipinski definition) is 4. The van der Waals surface area contributed by atoms with Crippen LogP contribution < -0.4 is 4.74 Å². The topological polar surface area (TPSA) is 53.4 Å². The van der Waals surface area contributed by atoms with Crippen molar-refractivity contribution in [3.8, 4) is 5.75 Å². The van der Waals surface area contributed by atoms with Gasteiger partial charge in [0.2, 0.25) is 0 Å². The summed E-state index contributed by atoms with van der Waals surface area (Å²) in [7, 11) is 0. The zero-order chi connectivity index (χ0) is 21.6. The van der Waals surface area contributed by atoms with Gasteiger partial charge in [0.15, 0.2) is 5.78 Å². The Hall–Kier alpha value is -2.92. The van der Waals surface area contributed by atoms with Gasteiger partial charge in [0.25, 0.3) is 0 Å². The molecular formula is C26H30N2O3. The number of hydrogen-bond donors (Lipinski definition) is 0. The molecule has 2 aromatic carbocycles. The molecule has 0 aliphatic heterocycles. The Kier molecular flexibility index (Phi) is 6.82. The largest absolute Gasteiger partial charge is 0.493 e. The van der Waals surface area contributed by atoms with Crippen molar-refractivity contribution in [3.63, 3.8) is 0 Å². The fraction of sp³-hybridized carbons (Fsp3) is 0.385. The molecule has 31 heavy (non-hydrogen) atoms. The van der Waals surface area contributed by atoms with Gasteiger partial charge in [-0.15, -0.1) is 0 Å². The van der Waals surface area contributed by atoms with E-state index in [1.165, 1.54) is 5.56 Å². The normalized spacial score (nSPS) is 13.5. The fourth-order valence-corrected chi connectivity index (χ4v) is 4.07. The Balaban J connectivity index is 1.46. The van der Waals surface area contributed by atoms with E-state index >= 15 is 0 Å². The van der Waals surface area contributed by atoms with Crippen LogP contribution in [0.5, 0.6) is 5.75 Å². The summed E-state index contributed by atoms with van der Waals surface area (Å²) in [5, 5.41) is 0. The first-order chi connectivity index (χ1) is 15.1. The molecule has 0 amide bonds. The van der Waals surface area contributed by atoms with Crippen molar-refractivity contribution in [1.82, 2.24) is 9.55 Å². The molecule has 0 radical (unpaired) electrons. The van der Waals surface area contributed by atoms with Gasteiger partial charge in [-0.1, -0.05) is 30.3 Å². The van der Waals surface area contributed by atoms with E-state index in [1.807, 2.05) is 44.6 Å². The Bertz CT molecular complexity index is 1020. The van der Waals surface area contributed by atoms with Gasteiger partial charge in [-0.25, -0.2) is 4.98 Å². The number of ketones is 1. The smallest absolute Gasteiger partial charge is 0.163 e. The highest BCUT2D eigenvalue weighted by atomic mass is 16.5. The molecule has 0 bridgehead atoms. The van der Waals surface area contributed by atoms with Crippen molar-refractivity contribution in [2.75, 3.05) is 6.61 Å². The minimum atomic E-state index is 0.121. The van der Waals surface area contributed by atoms with E-state index in [0.717, 1.165) is 53.9 Å². The van der Waals surface area contributed by atoms with Crippen molar-refractivity contribution in [2.45, 2.75) is 58.8 Å². The summed E-state index contributed by atoms with van der Waals surface area (Å²) in [5.41, 5.74) is 5.34.